The van der Waals surface area contributed by atoms with Gasteiger partial charge in [0, 0.05) is 0 Å². The third kappa shape index (κ3) is 5.01. The standard InChI is InChI=1S/C17H31NO3Si/c1-13(22(7,8)9)10-11-14-12-20-17(5,6)18(14)15(19)21-16(2,3)4/h11,14H,12H2,1-9H3/t10?,14-/m1/s1. The number of hydrogen-bond acceptors (Lipinski definition) is 3. The maximum atomic E-state index is 12.5. The Kier molecular flexibility index (Phi) is 5.38. The van der Waals surface area contributed by atoms with Gasteiger partial charge in [-0.25, -0.2) is 4.79 Å². The first-order valence-corrected chi connectivity index (χ1v) is 11.3. The zero-order valence-electron chi connectivity index (χ0n) is 15.5. The van der Waals surface area contributed by atoms with Gasteiger partial charge in [0.15, 0.2) is 0 Å². The number of hydrogen-bond donors (Lipinski definition) is 0. The summed E-state index contributed by atoms with van der Waals surface area (Å²) in [5.41, 5.74) is 2.19. The van der Waals surface area contributed by atoms with Crippen LogP contribution in [0.25, 0.3) is 0 Å². The smallest absolute Gasteiger partial charge is 0.413 e. The molecular formula is C17H31NO3Si. The number of ether oxygens (including phenoxy) is 2. The van der Waals surface area contributed by atoms with Crippen molar-refractivity contribution in [1.29, 1.82) is 0 Å². The van der Waals surface area contributed by atoms with Crippen molar-refractivity contribution in [3.05, 3.63) is 17.0 Å². The molecule has 1 aliphatic rings. The van der Waals surface area contributed by atoms with E-state index in [0.29, 0.717) is 6.61 Å². The zero-order chi connectivity index (χ0) is 17.3. The van der Waals surface area contributed by atoms with Gasteiger partial charge in [-0.3, -0.25) is 4.90 Å². The van der Waals surface area contributed by atoms with E-state index in [1.54, 1.807) is 4.90 Å². The van der Waals surface area contributed by atoms with Crippen molar-refractivity contribution in [2.75, 3.05) is 6.61 Å². The molecule has 0 aromatic rings. The number of amides is 1. The average Bonchev–Trinajstić information content (AvgIpc) is 2.57. The van der Waals surface area contributed by atoms with E-state index in [4.69, 9.17) is 9.47 Å². The first-order chi connectivity index (χ1) is 9.74. The molecule has 0 radical (unpaired) electrons. The van der Waals surface area contributed by atoms with Gasteiger partial charge >= 0.3 is 6.09 Å². The van der Waals surface area contributed by atoms with E-state index in [1.165, 1.54) is 5.20 Å². The normalized spacial score (nSPS) is 21.3. The minimum absolute atomic E-state index is 0.142. The van der Waals surface area contributed by atoms with E-state index >= 15 is 0 Å². The highest BCUT2D eigenvalue weighted by Crippen LogP contribution is 2.30. The van der Waals surface area contributed by atoms with Crippen LogP contribution in [0.3, 0.4) is 0 Å². The highest BCUT2D eigenvalue weighted by Gasteiger charge is 2.44. The number of rotatable bonds is 2. The number of carbonyl (C=O) groups excluding carboxylic acids is 1. The second kappa shape index (κ2) is 6.23. The molecule has 4 nitrogen and oxygen atoms in total. The molecule has 1 rings (SSSR count). The molecule has 1 heterocycles. The van der Waals surface area contributed by atoms with Crippen molar-refractivity contribution >= 4 is 14.2 Å². The fourth-order valence-electron chi connectivity index (χ4n) is 2.06. The maximum absolute atomic E-state index is 12.5. The van der Waals surface area contributed by atoms with Gasteiger partial charge in [0.25, 0.3) is 0 Å². The van der Waals surface area contributed by atoms with Gasteiger partial charge in [-0.1, -0.05) is 19.6 Å². The van der Waals surface area contributed by atoms with E-state index in [2.05, 4.69) is 32.3 Å². The molecule has 22 heavy (non-hydrogen) atoms. The van der Waals surface area contributed by atoms with Crippen LogP contribution in [0, 0.1) is 0 Å². The van der Waals surface area contributed by atoms with E-state index < -0.39 is 19.4 Å². The molecule has 0 unspecified atom stereocenters. The lowest BCUT2D eigenvalue weighted by atomic mass is 10.2. The van der Waals surface area contributed by atoms with Crippen molar-refractivity contribution < 1.29 is 14.3 Å². The van der Waals surface area contributed by atoms with E-state index in [1.807, 2.05) is 40.7 Å². The Bertz CT molecular complexity index is 491. The largest absolute Gasteiger partial charge is 0.444 e. The van der Waals surface area contributed by atoms with Gasteiger partial charge < -0.3 is 9.47 Å². The molecule has 1 atom stereocenters. The summed E-state index contributed by atoms with van der Waals surface area (Å²) in [6.07, 6.45) is 1.61. The highest BCUT2D eigenvalue weighted by atomic mass is 28.3. The quantitative estimate of drug-likeness (QED) is 0.560. The first kappa shape index (κ1) is 19.0. The summed E-state index contributed by atoms with van der Waals surface area (Å²) in [6.45, 7) is 18.8. The van der Waals surface area contributed by atoms with Gasteiger partial charge in [-0.2, -0.15) is 0 Å². The van der Waals surface area contributed by atoms with Gasteiger partial charge in [-0.15, -0.1) is 5.73 Å². The minimum atomic E-state index is -1.36. The van der Waals surface area contributed by atoms with Gasteiger partial charge in [0.05, 0.1) is 20.7 Å². The van der Waals surface area contributed by atoms with Crippen LogP contribution < -0.4 is 0 Å². The Morgan fingerprint density at radius 1 is 1.36 bits per heavy atom. The van der Waals surface area contributed by atoms with Crippen LogP contribution in [0.4, 0.5) is 4.79 Å². The molecule has 0 aromatic carbocycles. The van der Waals surface area contributed by atoms with Crippen molar-refractivity contribution in [1.82, 2.24) is 4.90 Å². The molecule has 1 saturated heterocycles. The molecule has 5 heteroatoms. The third-order valence-corrected chi connectivity index (χ3v) is 6.12. The molecule has 126 valence electrons. The predicted molar refractivity (Wildman–Crippen MR) is 92.5 cm³/mol. The summed E-state index contributed by atoms with van der Waals surface area (Å²) in [4.78, 5) is 14.2. The van der Waals surface area contributed by atoms with Crippen molar-refractivity contribution in [3.63, 3.8) is 0 Å². The van der Waals surface area contributed by atoms with Gasteiger partial charge in [0.1, 0.15) is 11.3 Å². The lowest BCUT2D eigenvalue weighted by Gasteiger charge is -2.34. The van der Waals surface area contributed by atoms with Crippen LogP contribution in [-0.2, 0) is 9.47 Å². The van der Waals surface area contributed by atoms with E-state index in [0.717, 1.165) is 0 Å². The molecule has 0 saturated carbocycles. The van der Waals surface area contributed by atoms with Crippen molar-refractivity contribution in [3.8, 4) is 0 Å². The van der Waals surface area contributed by atoms with E-state index in [-0.39, 0.29) is 12.1 Å². The lowest BCUT2D eigenvalue weighted by Crippen LogP contribution is -2.49. The molecule has 1 aliphatic heterocycles. The SMILES string of the molecule is CC(=C=C[C@@H]1COC(C)(C)N1C(=O)OC(C)(C)C)[Si](C)(C)C. The topological polar surface area (TPSA) is 38.8 Å². The number of nitrogens with zero attached hydrogens (tertiary/aromatic N) is 1. The summed E-state index contributed by atoms with van der Waals surface area (Å²) in [5.74, 6) is 0. The summed E-state index contributed by atoms with van der Waals surface area (Å²) in [5, 5.41) is 1.28. The summed E-state index contributed by atoms with van der Waals surface area (Å²) in [6, 6.07) is -0.142. The maximum Gasteiger partial charge on any atom is 0.413 e. The molecule has 1 amide bonds. The van der Waals surface area contributed by atoms with Crippen molar-refractivity contribution in [2.24, 2.45) is 0 Å². The summed E-state index contributed by atoms with van der Waals surface area (Å²) >= 11 is 0. The van der Waals surface area contributed by atoms with E-state index in [9.17, 15) is 4.79 Å². The third-order valence-electron chi connectivity index (χ3n) is 3.73. The monoisotopic (exact) mass is 325 g/mol. The fraction of sp³-hybridized carbons (Fsp3) is 0.765. The Morgan fingerprint density at radius 3 is 2.36 bits per heavy atom. The molecule has 0 bridgehead atoms. The van der Waals surface area contributed by atoms with Crippen LogP contribution in [0.15, 0.2) is 17.0 Å². The molecular weight excluding hydrogens is 294 g/mol. The Morgan fingerprint density at radius 2 is 1.91 bits per heavy atom. The second-order valence-electron chi connectivity index (χ2n) is 8.36. The Labute approximate surface area is 136 Å². The Hall–Kier alpha value is -1.03. The molecule has 1 fully saturated rings. The van der Waals surface area contributed by atoms with Gasteiger partial charge in [-0.05, 0) is 52.8 Å². The van der Waals surface area contributed by atoms with Gasteiger partial charge in [0.2, 0.25) is 0 Å². The van der Waals surface area contributed by atoms with Crippen LogP contribution >= 0.6 is 0 Å². The first-order valence-electron chi connectivity index (χ1n) is 7.84. The van der Waals surface area contributed by atoms with Crippen LogP contribution in [-0.4, -0.2) is 43.0 Å². The lowest BCUT2D eigenvalue weighted by molar-refractivity contribution is -0.0610. The van der Waals surface area contributed by atoms with Crippen LogP contribution in [0.1, 0.15) is 41.5 Å². The fourth-order valence-corrected chi connectivity index (χ4v) is 2.58. The zero-order valence-corrected chi connectivity index (χ0v) is 16.5. The Balaban J connectivity index is 3.05. The molecule has 0 spiro atoms. The van der Waals surface area contributed by atoms with Crippen molar-refractivity contribution in [2.45, 2.75) is 78.6 Å². The predicted octanol–water partition coefficient (Wildman–Crippen LogP) is 4.34. The molecule has 0 aromatic heterocycles. The summed E-state index contributed by atoms with van der Waals surface area (Å²) in [7, 11) is -1.36. The average molecular weight is 326 g/mol. The highest BCUT2D eigenvalue weighted by molar-refractivity contribution is 6.82. The minimum Gasteiger partial charge on any atom is -0.444 e. The van der Waals surface area contributed by atoms with Crippen LogP contribution in [0.5, 0.6) is 0 Å². The second-order valence-corrected chi connectivity index (χ2v) is 13.6. The molecule has 0 N–H and O–H groups in total. The summed E-state index contributed by atoms with van der Waals surface area (Å²) < 4.78 is 11.3. The van der Waals surface area contributed by atoms with Crippen LogP contribution in [0.2, 0.25) is 19.6 Å². The molecule has 0 aliphatic carbocycles. The number of carbonyl (C=O) groups is 1.